The fraction of sp³-hybridized carbons (Fsp3) is 0.0526. The summed E-state index contributed by atoms with van der Waals surface area (Å²) < 4.78 is 102. The molecule has 0 radical (unpaired) electrons. The van der Waals surface area contributed by atoms with Crippen molar-refractivity contribution in [3.05, 3.63) is 451 Å². The normalized spacial score (nSPS) is 9.84. The summed E-state index contributed by atoms with van der Waals surface area (Å²) >= 11 is 0. The first kappa shape index (κ1) is 109. The molecular formula is C114H93F3O24. The molecule has 0 aliphatic heterocycles. The Kier molecular flexibility index (Phi) is 43.0. The molecule has 0 aliphatic rings. The van der Waals surface area contributed by atoms with Crippen LogP contribution in [0.3, 0.4) is 0 Å². The van der Waals surface area contributed by atoms with Gasteiger partial charge in [-0.3, -0.25) is 0 Å². The first-order chi connectivity index (χ1) is 67.4. The fourth-order valence-corrected chi connectivity index (χ4v) is 11.0. The molecule has 0 spiro atoms. The van der Waals surface area contributed by atoms with Gasteiger partial charge in [0, 0.05) is 76.5 Å². The Morgan fingerprint density at radius 3 is 0.624 bits per heavy atom. The SMILES string of the molecule is C=C(C)C(=O)Oc1ccc(-c2ccc(OC(=O)C(=C)C)c(F)c2)cc1.C=C(C)C(=O)Oc1ccc(-c2ccc(OC(=O)C(=C)C)cc2)cc1.C=CC(=O)OCc1ccc(-c2ccc(OC(=O)C=C)cc2)cc1.C=CC(=O)OCc1ccc(-c2ccc(OC(=O)C=C)cc2)cc1F.C=CC(=O)Oc1ccc(-c2ccc(OC(=O)C=C)c(F)c2)cc1.C=CC(=O)Oc1ccc(-c2ccc(OC(=O)C=C)cc2)cc1. The van der Waals surface area contributed by atoms with Gasteiger partial charge in [0.15, 0.2) is 23.1 Å². The molecule has 714 valence electrons. The van der Waals surface area contributed by atoms with Crippen LogP contribution in [-0.4, -0.2) is 71.6 Å². The Balaban J connectivity index is 0.000000230. The van der Waals surface area contributed by atoms with E-state index in [1.54, 1.807) is 178 Å². The average Bonchev–Trinajstić information content (AvgIpc) is 0.852. The number of esters is 12. The van der Waals surface area contributed by atoms with Crippen LogP contribution in [0.2, 0.25) is 0 Å². The zero-order valence-electron chi connectivity index (χ0n) is 76.9. The van der Waals surface area contributed by atoms with Crippen LogP contribution < -0.4 is 47.4 Å². The van der Waals surface area contributed by atoms with E-state index in [0.29, 0.717) is 90.5 Å². The molecule has 0 amide bonds. The van der Waals surface area contributed by atoms with Crippen LogP contribution >= 0.6 is 0 Å². The highest BCUT2D eigenvalue weighted by molar-refractivity contribution is 5.92. The average molecular weight is 1900 g/mol. The zero-order chi connectivity index (χ0) is 103. The molecule has 0 saturated heterocycles. The van der Waals surface area contributed by atoms with Crippen molar-refractivity contribution < 1.29 is 128 Å². The second kappa shape index (κ2) is 55.6. The number of halogens is 3. The number of carbonyl (C=O) groups excluding carboxylic acids is 12. The maximum atomic E-state index is 14.1. The Morgan fingerprint density at radius 2 is 0.397 bits per heavy atom. The Labute approximate surface area is 811 Å². The van der Waals surface area contributed by atoms with Crippen LogP contribution in [0.15, 0.2) is 423 Å². The topological polar surface area (TPSA) is 316 Å². The summed E-state index contributed by atoms with van der Waals surface area (Å²) in [6.45, 7) is 46.8. The molecule has 0 aliphatic carbocycles. The van der Waals surface area contributed by atoms with Crippen molar-refractivity contribution in [2.24, 2.45) is 0 Å². The van der Waals surface area contributed by atoms with Crippen molar-refractivity contribution in [2.45, 2.75) is 40.9 Å². The van der Waals surface area contributed by atoms with Crippen LogP contribution in [0, 0.1) is 17.5 Å². The van der Waals surface area contributed by atoms with E-state index in [2.05, 4.69) is 78.9 Å². The summed E-state index contributed by atoms with van der Waals surface area (Å²) in [4.78, 5) is 135. The molecular weight excluding hydrogens is 1810 g/mol. The number of hydrogen-bond donors (Lipinski definition) is 0. The summed E-state index contributed by atoms with van der Waals surface area (Å²) in [5.74, 6) is -5.25. The standard InChI is InChI=1S/C20H17FO4.C20H18O4.C19H15FO4.C19H16O4.C18H13FO4.C18H14O4/c1-12(2)19(22)24-16-8-5-14(6-9-16)15-7-10-18(17(21)11-15)25-20(23)13(3)4;1-13(2)19(21)23-17-9-5-15(6-10-17)16-7-11-18(12-8-16)24-20(22)14(3)4;1-3-18(21)23-12-15-6-5-14(11-17(15)20)13-7-9-16(10-8-13)24-19(22)4-2;1-3-18(20)22-13-14-5-7-15(8-6-14)16-9-11-17(12-10-16)23-19(21)4-2;1-3-17(20)22-14-8-5-12(6-9-14)13-7-10-16(15(19)11-13)23-18(21)4-2;1-3-17(19)21-15-9-5-13(6-10-15)14-7-11-16(12-8-14)22-18(20)4-2/h5-11H,1,3H2,2,4H3;5-12H,1,3H2,2,4H3;3-11H,1-2,12H2;3-12H,1-2,13H2;3-11H,1-2H2;3-12H,1-2H2. The molecule has 0 heterocycles. The monoisotopic (exact) mass is 1900 g/mol. The third-order valence-electron chi connectivity index (χ3n) is 18.3. The third-order valence-corrected chi connectivity index (χ3v) is 18.3. The van der Waals surface area contributed by atoms with Crippen LogP contribution in [0.5, 0.6) is 57.5 Å². The molecule has 0 aromatic heterocycles. The summed E-state index contributed by atoms with van der Waals surface area (Å²) in [5, 5.41) is 0. The van der Waals surface area contributed by atoms with E-state index in [1.807, 2.05) is 84.9 Å². The molecule has 0 unspecified atom stereocenters. The van der Waals surface area contributed by atoms with Crippen LogP contribution in [-0.2, 0) is 80.2 Å². The van der Waals surface area contributed by atoms with Gasteiger partial charge in [-0.05, 0) is 227 Å². The summed E-state index contributed by atoms with van der Waals surface area (Å²) in [5.41, 5.74) is 12.1. The highest BCUT2D eigenvalue weighted by Gasteiger charge is 2.18. The number of ether oxygens (including phenoxy) is 12. The quantitative estimate of drug-likeness (QED) is 0.0215. The van der Waals surface area contributed by atoms with Gasteiger partial charge in [-0.25, -0.2) is 70.7 Å². The van der Waals surface area contributed by atoms with E-state index in [0.717, 1.165) is 93.1 Å². The molecule has 0 atom stereocenters. The second-order valence-electron chi connectivity index (χ2n) is 29.0. The Hall–Kier alpha value is -19.1. The maximum Gasteiger partial charge on any atom is 0.338 e. The van der Waals surface area contributed by atoms with Crippen molar-refractivity contribution in [3.63, 3.8) is 0 Å². The van der Waals surface area contributed by atoms with Crippen LogP contribution in [0.25, 0.3) is 66.8 Å². The molecule has 12 aromatic rings. The lowest BCUT2D eigenvalue weighted by Gasteiger charge is -2.08. The van der Waals surface area contributed by atoms with Crippen molar-refractivity contribution >= 4 is 71.6 Å². The van der Waals surface area contributed by atoms with Gasteiger partial charge in [-0.15, -0.1) is 0 Å². The predicted octanol–water partition coefficient (Wildman–Crippen LogP) is 23.5. The van der Waals surface area contributed by atoms with Gasteiger partial charge in [0.1, 0.15) is 65.0 Å². The fourth-order valence-electron chi connectivity index (χ4n) is 11.0. The summed E-state index contributed by atoms with van der Waals surface area (Å²) in [6.07, 6.45) is 8.58. The highest BCUT2D eigenvalue weighted by atomic mass is 19.1. The third kappa shape index (κ3) is 36.7. The summed E-state index contributed by atoms with van der Waals surface area (Å²) in [6, 6.07) is 75.9. The zero-order valence-corrected chi connectivity index (χ0v) is 76.9. The molecule has 0 fully saturated rings. The van der Waals surface area contributed by atoms with Crippen molar-refractivity contribution in [1.82, 2.24) is 0 Å². The van der Waals surface area contributed by atoms with Gasteiger partial charge >= 0.3 is 71.6 Å². The van der Waals surface area contributed by atoms with E-state index in [-0.39, 0.29) is 35.8 Å². The molecule has 0 N–H and O–H groups in total. The minimum Gasteiger partial charge on any atom is -0.458 e. The maximum absolute atomic E-state index is 14.1. The number of benzene rings is 12. The largest absolute Gasteiger partial charge is 0.458 e. The van der Waals surface area contributed by atoms with E-state index < -0.39 is 89.1 Å². The highest BCUT2D eigenvalue weighted by Crippen LogP contribution is 2.34. The Morgan fingerprint density at radius 1 is 0.213 bits per heavy atom. The minimum atomic E-state index is -0.731. The van der Waals surface area contributed by atoms with Crippen LogP contribution in [0.4, 0.5) is 13.2 Å². The summed E-state index contributed by atoms with van der Waals surface area (Å²) in [7, 11) is 0. The Bertz CT molecular complexity index is 6540. The predicted molar refractivity (Wildman–Crippen MR) is 528 cm³/mol. The van der Waals surface area contributed by atoms with Crippen molar-refractivity contribution in [2.75, 3.05) is 0 Å². The molecule has 12 rings (SSSR count). The van der Waals surface area contributed by atoms with Gasteiger partial charge < -0.3 is 56.8 Å². The van der Waals surface area contributed by atoms with Crippen LogP contribution in [0.1, 0.15) is 38.8 Å². The lowest BCUT2D eigenvalue weighted by atomic mass is 10.0. The first-order valence-corrected chi connectivity index (χ1v) is 41.9. The number of hydrogen-bond acceptors (Lipinski definition) is 24. The van der Waals surface area contributed by atoms with E-state index in [4.69, 9.17) is 56.8 Å². The molecule has 24 nitrogen and oxygen atoms in total. The second-order valence-corrected chi connectivity index (χ2v) is 29.0. The lowest BCUT2D eigenvalue weighted by molar-refractivity contribution is -0.139. The first-order valence-electron chi connectivity index (χ1n) is 41.9. The molecule has 0 bridgehead atoms. The van der Waals surface area contributed by atoms with Gasteiger partial charge in [-0.1, -0.05) is 225 Å². The molecule has 0 saturated carbocycles. The van der Waals surface area contributed by atoms with Gasteiger partial charge in [-0.2, -0.15) is 0 Å². The van der Waals surface area contributed by atoms with Gasteiger partial charge in [0.05, 0.1) is 0 Å². The van der Waals surface area contributed by atoms with E-state index in [1.165, 1.54) is 37.3 Å². The van der Waals surface area contributed by atoms with Gasteiger partial charge in [0.2, 0.25) is 0 Å². The molecule has 141 heavy (non-hydrogen) atoms. The van der Waals surface area contributed by atoms with Crippen molar-refractivity contribution in [1.29, 1.82) is 0 Å². The minimum absolute atomic E-state index is 0.159. The van der Waals surface area contributed by atoms with Crippen molar-refractivity contribution in [3.8, 4) is 124 Å². The molecule has 27 heteroatoms. The smallest absolute Gasteiger partial charge is 0.338 e. The molecule has 12 aromatic carbocycles. The van der Waals surface area contributed by atoms with E-state index in [9.17, 15) is 70.7 Å². The lowest BCUT2D eigenvalue weighted by Crippen LogP contribution is -2.09. The number of carbonyl (C=O) groups is 12. The van der Waals surface area contributed by atoms with E-state index >= 15 is 0 Å². The number of rotatable bonds is 32. The van der Waals surface area contributed by atoms with Gasteiger partial charge in [0.25, 0.3) is 0 Å².